The van der Waals surface area contributed by atoms with Gasteiger partial charge < -0.3 is 14.1 Å². The summed E-state index contributed by atoms with van der Waals surface area (Å²) in [6.07, 6.45) is 1.50. The summed E-state index contributed by atoms with van der Waals surface area (Å²) in [6.45, 7) is 5.23. The number of benzene rings is 1. The Balaban J connectivity index is 1.57. The van der Waals surface area contributed by atoms with Crippen molar-refractivity contribution in [1.29, 1.82) is 0 Å². The Hall–Kier alpha value is -2.60. The first kappa shape index (κ1) is 17.2. The van der Waals surface area contributed by atoms with Gasteiger partial charge in [-0.2, -0.15) is 0 Å². The van der Waals surface area contributed by atoms with Crippen molar-refractivity contribution in [2.24, 2.45) is 0 Å². The third kappa shape index (κ3) is 4.09. The lowest BCUT2D eigenvalue weighted by atomic mass is 10.1. The number of hydrogen-bond donors (Lipinski definition) is 0. The highest BCUT2D eigenvalue weighted by molar-refractivity contribution is 5.97. The van der Waals surface area contributed by atoms with Crippen LogP contribution in [0, 0.1) is 0 Å². The lowest BCUT2D eigenvalue weighted by Gasteiger charge is -2.34. The standard InChI is InChI=1S/C19H22N2O4/c1-2-24-17-7-4-3-6-15(17)19(23)21-11-9-20(10-12-21)14-16(22)18-8-5-13-25-18/h3-8,13H,2,9-12,14H2,1H3. The van der Waals surface area contributed by atoms with Crippen molar-refractivity contribution >= 4 is 11.7 Å². The Labute approximate surface area is 147 Å². The molecule has 2 heterocycles. The lowest BCUT2D eigenvalue weighted by Crippen LogP contribution is -2.49. The van der Waals surface area contributed by atoms with Gasteiger partial charge in [-0.25, -0.2) is 0 Å². The van der Waals surface area contributed by atoms with Crippen LogP contribution >= 0.6 is 0 Å². The number of hydrogen-bond acceptors (Lipinski definition) is 5. The molecule has 0 aliphatic carbocycles. The van der Waals surface area contributed by atoms with Crippen LogP contribution in [0.1, 0.15) is 27.8 Å². The van der Waals surface area contributed by atoms with Crippen molar-refractivity contribution < 1.29 is 18.7 Å². The Morgan fingerprint density at radius 1 is 1.08 bits per heavy atom. The van der Waals surface area contributed by atoms with E-state index < -0.39 is 0 Å². The predicted molar refractivity (Wildman–Crippen MR) is 93.0 cm³/mol. The van der Waals surface area contributed by atoms with Crippen molar-refractivity contribution in [1.82, 2.24) is 9.80 Å². The summed E-state index contributed by atoms with van der Waals surface area (Å²) in [5.41, 5.74) is 0.587. The summed E-state index contributed by atoms with van der Waals surface area (Å²) in [6, 6.07) is 10.7. The summed E-state index contributed by atoms with van der Waals surface area (Å²) in [7, 11) is 0. The maximum atomic E-state index is 12.8. The highest BCUT2D eigenvalue weighted by atomic mass is 16.5. The second kappa shape index (κ2) is 7.98. The highest BCUT2D eigenvalue weighted by Crippen LogP contribution is 2.20. The molecule has 25 heavy (non-hydrogen) atoms. The third-order valence-corrected chi connectivity index (χ3v) is 4.24. The number of carbonyl (C=O) groups excluding carboxylic acids is 2. The van der Waals surface area contributed by atoms with Gasteiger partial charge in [-0.15, -0.1) is 0 Å². The number of furan rings is 1. The molecule has 0 bridgehead atoms. The molecular weight excluding hydrogens is 320 g/mol. The number of rotatable bonds is 6. The number of ketones is 1. The van der Waals surface area contributed by atoms with Gasteiger partial charge in [0.1, 0.15) is 5.75 Å². The van der Waals surface area contributed by atoms with Gasteiger partial charge in [0.2, 0.25) is 5.78 Å². The van der Waals surface area contributed by atoms with Crippen LogP contribution in [0.25, 0.3) is 0 Å². The van der Waals surface area contributed by atoms with Gasteiger partial charge in [0.05, 0.1) is 25.0 Å². The van der Waals surface area contributed by atoms with Gasteiger partial charge in [0.25, 0.3) is 5.91 Å². The first-order valence-electron chi connectivity index (χ1n) is 8.49. The van der Waals surface area contributed by atoms with E-state index in [-0.39, 0.29) is 11.7 Å². The van der Waals surface area contributed by atoms with E-state index >= 15 is 0 Å². The number of amides is 1. The molecule has 0 radical (unpaired) electrons. The van der Waals surface area contributed by atoms with Gasteiger partial charge in [-0.1, -0.05) is 12.1 Å². The zero-order chi connectivity index (χ0) is 17.6. The molecule has 0 N–H and O–H groups in total. The molecule has 1 fully saturated rings. The van der Waals surface area contributed by atoms with Gasteiger partial charge >= 0.3 is 0 Å². The van der Waals surface area contributed by atoms with Crippen LogP contribution < -0.4 is 4.74 Å². The molecule has 1 saturated heterocycles. The summed E-state index contributed by atoms with van der Waals surface area (Å²) >= 11 is 0. The third-order valence-electron chi connectivity index (χ3n) is 4.24. The zero-order valence-electron chi connectivity index (χ0n) is 14.3. The number of Topliss-reactive ketones (excluding diaryl/α,β-unsaturated/α-hetero) is 1. The molecule has 0 unspecified atom stereocenters. The zero-order valence-corrected chi connectivity index (χ0v) is 14.3. The lowest BCUT2D eigenvalue weighted by molar-refractivity contribution is 0.0617. The maximum absolute atomic E-state index is 12.8. The molecule has 6 heteroatoms. The van der Waals surface area contributed by atoms with Crippen LogP contribution in [-0.4, -0.2) is 60.8 Å². The second-order valence-corrected chi connectivity index (χ2v) is 5.90. The van der Waals surface area contributed by atoms with E-state index in [0.29, 0.717) is 56.4 Å². The average Bonchev–Trinajstić information content (AvgIpc) is 3.17. The molecule has 3 rings (SSSR count). The molecule has 1 aliphatic rings. The van der Waals surface area contributed by atoms with Crippen LogP contribution in [0.3, 0.4) is 0 Å². The SMILES string of the molecule is CCOc1ccccc1C(=O)N1CCN(CC(=O)c2ccco2)CC1. The van der Waals surface area contributed by atoms with E-state index in [2.05, 4.69) is 0 Å². The number of carbonyl (C=O) groups is 2. The molecule has 1 aliphatic heterocycles. The van der Waals surface area contributed by atoms with E-state index in [0.717, 1.165) is 0 Å². The fourth-order valence-corrected chi connectivity index (χ4v) is 2.92. The molecule has 1 aromatic heterocycles. The Kier molecular flexibility index (Phi) is 5.50. The largest absolute Gasteiger partial charge is 0.493 e. The Morgan fingerprint density at radius 3 is 2.52 bits per heavy atom. The molecule has 132 valence electrons. The van der Waals surface area contributed by atoms with Crippen molar-refractivity contribution in [3.8, 4) is 5.75 Å². The molecule has 0 spiro atoms. The monoisotopic (exact) mass is 342 g/mol. The molecule has 0 atom stereocenters. The summed E-state index contributed by atoms with van der Waals surface area (Å²) in [5.74, 6) is 0.933. The minimum atomic E-state index is -0.0357. The number of nitrogens with zero attached hydrogens (tertiary/aromatic N) is 2. The van der Waals surface area contributed by atoms with Crippen LogP contribution in [-0.2, 0) is 0 Å². The summed E-state index contributed by atoms with van der Waals surface area (Å²) in [4.78, 5) is 28.7. The Bertz CT molecular complexity index is 719. The minimum Gasteiger partial charge on any atom is -0.493 e. The Morgan fingerprint density at radius 2 is 1.84 bits per heavy atom. The van der Waals surface area contributed by atoms with Gasteiger partial charge in [-0.3, -0.25) is 14.5 Å². The van der Waals surface area contributed by atoms with Crippen LogP contribution in [0.5, 0.6) is 5.75 Å². The average molecular weight is 342 g/mol. The van der Waals surface area contributed by atoms with E-state index in [9.17, 15) is 9.59 Å². The van der Waals surface area contributed by atoms with Crippen LogP contribution in [0.4, 0.5) is 0 Å². The van der Waals surface area contributed by atoms with Crippen molar-refractivity contribution in [2.45, 2.75) is 6.92 Å². The number of para-hydroxylation sites is 1. The number of piperazine rings is 1. The molecule has 6 nitrogen and oxygen atoms in total. The highest BCUT2D eigenvalue weighted by Gasteiger charge is 2.25. The van der Waals surface area contributed by atoms with Crippen molar-refractivity contribution in [3.05, 3.63) is 54.0 Å². The second-order valence-electron chi connectivity index (χ2n) is 5.90. The normalized spacial score (nSPS) is 15.2. The van der Waals surface area contributed by atoms with Crippen LogP contribution in [0.2, 0.25) is 0 Å². The molecule has 1 aromatic carbocycles. The molecule has 0 saturated carbocycles. The fraction of sp³-hybridized carbons (Fsp3) is 0.368. The summed E-state index contributed by atoms with van der Waals surface area (Å²) < 4.78 is 10.7. The van der Waals surface area contributed by atoms with Crippen molar-refractivity contribution in [3.63, 3.8) is 0 Å². The van der Waals surface area contributed by atoms with Gasteiger partial charge in [0, 0.05) is 26.2 Å². The topological polar surface area (TPSA) is 63.0 Å². The van der Waals surface area contributed by atoms with E-state index in [4.69, 9.17) is 9.15 Å². The fourth-order valence-electron chi connectivity index (χ4n) is 2.92. The van der Waals surface area contributed by atoms with E-state index in [1.807, 2.05) is 34.9 Å². The first-order chi connectivity index (χ1) is 12.2. The predicted octanol–water partition coefficient (Wildman–Crippen LogP) is 2.32. The number of ether oxygens (including phenoxy) is 1. The van der Waals surface area contributed by atoms with E-state index in [1.54, 1.807) is 18.2 Å². The molecular formula is C19H22N2O4. The van der Waals surface area contributed by atoms with Crippen LogP contribution in [0.15, 0.2) is 47.1 Å². The summed E-state index contributed by atoms with van der Waals surface area (Å²) in [5, 5.41) is 0. The van der Waals surface area contributed by atoms with Gasteiger partial charge in [0.15, 0.2) is 5.76 Å². The van der Waals surface area contributed by atoms with Gasteiger partial charge in [-0.05, 0) is 31.2 Å². The minimum absolute atomic E-state index is 0.0268. The quantitative estimate of drug-likeness (QED) is 0.754. The molecule has 1 amide bonds. The first-order valence-corrected chi connectivity index (χ1v) is 8.49. The van der Waals surface area contributed by atoms with Crippen molar-refractivity contribution in [2.75, 3.05) is 39.3 Å². The smallest absolute Gasteiger partial charge is 0.257 e. The van der Waals surface area contributed by atoms with E-state index in [1.165, 1.54) is 6.26 Å². The maximum Gasteiger partial charge on any atom is 0.257 e. The molecule has 2 aromatic rings.